The molecule has 0 saturated carbocycles. The Kier molecular flexibility index (Phi) is 5.26. The van der Waals surface area contributed by atoms with Gasteiger partial charge in [-0.1, -0.05) is 25.1 Å². The number of carbonyl (C=O) groups excluding carboxylic acids is 1. The van der Waals surface area contributed by atoms with Crippen molar-refractivity contribution in [2.75, 3.05) is 14.2 Å². The maximum Gasteiger partial charge on any atom is 0.227 e. The monoisotopic (exact) mass is 355 g/mol. The number of hydrogen-bond donors (Lipinski definition) is 0. The van der Waals surface area contributed by atoms with Crippen LogP contribution in [0.15, 0.2) is 47.1 Å². The molecule has 1 amide bonds. The molecule has 0 unspecified atom stereocenters. The van der Waals surface area contributed by atoms with Gasteiger partial charge in [-0.2, -0.15) is 0 Å². The van der Waals surface area contributed by atoms with E-state index in [0.29, 0.717) is 12.1 Å². The molecule has 0 bridgehead atoms. The van der Waals surface area contributed by atoms with Gasteiger partial charge in [0.1, 0.15) is 5.58 Å². The molecule has 0 atom stereocenters. The molecule has 136 valence electrons. The Balaban J connectivity index is 1.70. The second-order valence-electron chi connectivity index (χ2n) is 6.34. The van der Waals surface area contributed by atoms with Crippen LogP contribution >= 0.6 is 0 Å². The summed E-state index contributed by atoms with van der Waals surface area (Å²) >= 11 is 0. The number of methoxy groups -OCH3 is 1. The number of rotatable bonds is 6. The quantitative estimate of drug-likeness (QED) is 0.660. The van der Waals surface area contributed by atoms with Gasteiger partial charge in [0.2, 0.25) is 5.91 Å². The highest BCUT2D eigenvalue weighted by atomic mass is 19.1. The van der Waals surface area contributed by atoms with Crippen molar-refractivity contribution in [3.05, 3.63) is 65.2 Å². The lowest BCUT2D eigenvalue weighted by Crippen LogP contribution is -2.27. The second kappa shape index (κ2) is 7.60. The summed E-state index contributed by atoms with van der Waals surface area (Å²) in [5.74, 6) is -0.291. The van der Waals surface area contributed by atoms with Crippen LogP contribution in [0.3, 0.4) is 0 Å². The van der Waals surface area contributed by atoms with Crippen LogP contribution in [0.2, 0.25) is 0 Å². The number of halogens is 1. The Bertz CT molecular complexity index is 932. The molecule has 0 saturated heterocycles. The van der Waals surface area contributed by atoms with Crippen LogP contribution in [-0.4, -0.2) is 25.0 Å². The Hall–Kier alpha value is -2.82. The third-order valence-electron chi connectivity index (χ3n) is 4.53. The number of furan rings is 1. The number of nitrogens with zero attached hydrogens (tertiary/aromatic N) is 1. The van der Waals surface area contributed by atoms with E-state index in [1.54, 1.807) is 30.3 Å². The Morgan fingerprint density at radius 2 is 1.96 bits per heavy atom. The van der Waals surface area contributed by atoms with E-state index in [2.05, 4.69) is 13.0 Å². The Morgan fingerprint density at radius 1 is 1.19 bits per heavy atom. The van der Waals surface area contributed by atoms with Gasteiger partial charge in [0, 0.05) is 24.5 Å². The molecule has 1 heterocycles. The fourth-order valence-corrected chi connectivity index (χ4v) is 2.95. The molecule has 3 aromatic rings. The highest BCUT2D eigenvalue weighted by Gasteiger charge is 2.15. The molecule has 2 aromatic carbocycles. The van der Waals surface area contributed by atoms with Crippen molar-refractivity contribution in [1.29, 1.82) is 0 Å². The lowest BCUT2D eigenvalue weighted by atomic mass is 10.1. The largest absolute Gasteiger partial charge is 0.494 e. The molecule has 3 rings (SSSR count). The molecule has 0 aliphatic heterocycles. The minimum Gasteiger partial charge on any atom is -0.494 e. The first-order valence-corrected chi connectivity index (χ1v) is 8.57. The van der Waals surface area contributed by atoms with Crippen molar-refractivity contribution in [3.63, 3.8) is 0 Å². The van der Waals surface area contributed by atoms with Gasteiger partial charge in [-0.15, -0.1) is 0 Å². The van der Waals surface area contributed by atoms with E-state index in [0.717, 1.165) is 23.0 Å². The van der Waals surface area contributed by atoms with E-state index >= 15 is 0 Å². The van der Waals surface area contributed by atoms with Crippen molar-refractivity contribution in [3.8, 4) is 5.75 Å². The average Bonchev–Trinajstić information content (AvgIpc) is 3.03. The van der Waals surface area contributed by atoms with Crippen LogP contribution in [-0.2, 0) is 24.2 Å². The predicted molar refractivity (Wildman–Crippen MR) is 98.7 cm³/mol. The number of aryl methyl sites for hydroxylation is 1. The summed E-state index contributed by atoms with van der Waals surface area (Å²) in [6.07, 6.45) is 2.82. The highest BCUT2D eigenvalue weighted by molar-refractivity contribution is 5.87. The highest BCUT2D eigenvalue weighted by Crippen LogP contribution is 2.24. The number of likely N-dealkylation sites (N-methyl/N-ethyl adjacent to an activating group) is 1. The van der Waals surface area contributed by atoms with Gasteiger partial charge in [0.15, 0.2) is 11.6 Å². The first-order valence-electron chi connectivity index (χ1n) is 8.57. The molecular formula is C21H22FNO3. The summed E-state index contributed by atoms with van der Waals surface area (Å²) in [4.78, 5) is 14.1. The van der Waals surface area contributed by atoms with Crippen LogP contribution in [0, 0.1) is 5.82 Å². The number of carbonyl (C=O) groups is 1. The molecular weight excluding hydrogens is 333 g/mol. The van der Waals surface area contributed by atoms with Gasteiger partial charge in [0.25, 0.3) is 0 Å². The minimum absolute atomic E-state index is 0.0523. The molecule has 0 fully saturated rings. The third-order valence-corrected chi connectivity index (χ3v) is 4.53. The van der Waals surface area contributed by atoms with Gasteiger partial charge in [-0.3, -0.25) is 4.79 Å². The Labute approximate surface area is 152 Å². The number of fused-ring (bicyclic) bond motifs is 1. The van der Waals surface area contributed by atoms with Gasteiger partial charge < -0.3 is 14.1 Å². The first-order chi connectivity index (χ1) is 12.5. The van der Waals surface area contributed by atoms with Crippen molar-refractivity contribution in [2.45, 2.75) is 26.3 Å². The van der Waals surface area contributed by atoms with Gasteiger partial charge in [-0.05, 0) is 35.7 Å². The molecule has 0 aliphatic rings. The van der Waals surface area contributed by atoms with E-state index in [-0.39, 0.29) is 18.1 Å². The van der Waals surface area contributed by atoms with Crippen molar-refractivity contribution in [1.82, 2.24) is 4.90 Å². The summed E-state index contributed by atoms with van der Waals surface area (Å²) < 4.78 is 24.3. The van der Waals surface area contributed by atoms with Crippen LogP contribution in [0.5, 0.6) is 5.75 Å². The zero-order chi connectivity index (χ0) is 18.7. The normalized spacial score (nSPS) is 10.9. The van der Waals surface area contributed by atoms with Crippen molar-refractivity contribution >= 4 is 16.9 Å². The maximum absolute atomic E-state index is 13.8. The zero-order valence-corrected chi connectivity index (χ0v) is 15.2. The fraction of sp³-hybridized carbons (Fsp3) is 0.286. The fourth-order valence-electron chi connectivity index (χ4n) is 2.95. The van der Waals surface area contributed by atoms with Crippen molar-refractivity contribution < 1.29 is 18.3 Å². The zero-order valence-electron chi connectivity index (χ0n) is 15.2. The lowest BCUT2D eigenvalue weighted by Gasteiger charge is -2.17. The number of hydrogen-bond acceptors (Lipinski definition) is 3. The molecule has 0 radical (unpaired) electrons. The SMILES string of the molecule is CCc1ccc2c(CC(=O)N(C)Cc3ccc(OC)c(F)c3)coc2c1. The van der Waals surface area contributed by atoms with Crippen LogP contribution in [0.25, 0.3) is 11.0 Å². The number of amides is 1. The van der Waals surface area contributed by atoms with E-state index < -0.39 is 5.82 Å². The van der Waals surface area contributed by atoms with Crippen LogP contribution in [0.1, 0.15) is 23.6 Å². The first kappa shape index (κ1) is 18.0. The molecule has 5 heteroatoms. The van der Waals surface area contributed by atoms with Gasteiger partial charge in [-0.25, -0.2) is 4.39 Å². The third kappa shape index (κ3) is 3.72. The average molecular weight is 355 g/mol. The molecule has 4 nitrogen and oxygen atoms in total. The van der Waals surface area contributed by atoms with E-state index in [4.69, 9.17) is 9.15 Å². The number of ether oxygens (including phenoxy) is 1. The molecule has 1 aromatic heterocycles. The lowest BCUT2D eigenvalue weighted by molar-refractivity contribution is -0.129. The standard InChI is InChI=1S/C21H22FNO3/c1-4-14-5-7-17-16(13-26-20(17)10-14)11-21(24)23(2)12-15-6-8-19(25-3)18(22)9-15/h5-10,13H,4,11-12H2,1-3H3. The van der Waals surface area contributed by atoms with Crippen LogP contribution < -0.4 is 4.74 Å². The topological polar surface area (TPSA) is 42.7 Å². The summed E-state index contributed by atoms with van der Waals surface area (Å²) in [5, 5.41) is 0.958. The van der Waals surface area contributed by atoms with Gasteiger partial charge in [0.05, 0.1) is 19.8 Å². The molecule has 26 heavy (non-hydrogen) atoms. The Morgan fingerprint density at radius 3 is 2.65 bits per heavy atom. The van der Waals surface area contributed by atoms with E-state index in [1.807, 2.05) is 12.1 Å². The minimum atomic E-state index is -0.432. The number of benzene rings is 2. The smallest absolute Gasteiger partial charge is 0.227 e. The summed E-state index contributed by atoms with van der Waals surface area (Å²) in [7, 11) is 3.13. The van der Waals surface area contributed by atoms with Crippen LogP contribution in [0.4, 0.5) is 4.39 Å². The molecule has 0 spiro atoms. The molecule has 0 N–H and O–H groups in total. The maximum atomic E-state index is 13.8. The summed E-state index contributed by atoms with van der Waals surface area (Å²) in [6.45, 7) is 2.42. The van der Waals surface area contributed by atoms with E-state index in [9.17, 15) is 9.18 Å². The van der Waals surface area contributed by atoms with E-state index in [1.165, 1.54) is 18.7 Å². The predicted octanol–water partition coefficient (Wildman–Crippen LogP) is 4.34. The summed E-state index contributed by atoms with van der Waals surface area (Å²) in [6, 6.07) is 10.8. The van der Waals surface area contributed by atoms with Crippen molar-refractivity contribution in [2.24, 2.45) is 0 Å². The molecule has 0 aliphatic carbocycles. The summed E-state index contributed by atoms with van der Waals surface area (Å²) in [5.41, 5.74) is 3.57. The second-order valence-corrected chi connectivity index (χ2v) is 6.34. The van der Waals surface area contributed by atoms with Gasteiger partial charge >= 0.3 is 0 Å².